The monoisotopic (exact) mass is 209 g/mol. The number of hydrogen-bond donors (Lipinski definition) is 1. The topological polar surface area (TPSA) is 30.5 Å². The second-order valence-electron chi connectivity index (χ2n) is 4.32. The first-order chi connectivity index (χ1) is 7.38. The molecule has 84 valence electrons. The van der Waals surface area contributed by atoms with Gasteiger partial charge in [0.1, 0.15) is 6.61 Å². The van der Waals surface area contributed by atoms with Gasteiger partial charge in [-0.05, 0) is 25.9 Å². The summed E-state index contributed by atoms with van der Waals surface area (Å²) < 4.78 is 11.4. The molecule has 0 aromatic carbocycles. The van der Waals surface area contributed by atoms with Crippen LogP contribution in [0.25, 0.3) is 0 Å². The maximum absolute atomic E-state index is 5.97. The van der Waals surface area contributed by atoms with E-state index in [9.17, 15) is 0 Å². The molecule has 2 rings (SSSR count). The molecule has 1 aliphatic carbocycles. The molecule has 0 amide bonds. The van der Waals surface area contributed by atoms with Crippen molar-refractivity contribution in [3.63, 3.8) is 0 Å². The van der Waals surface area contributed by atoms with Crippen LogP contribution in [0, 0.1) is 12.3 Å². The lowest BCUT2D eigenvalue weighted by Crippen LogP contribution is -2.42. The van der Waals surface area contributed by atoms with Crippen LogP contribution in [0.15, 0.2) is 0 Å². The van der Waals surface area contributed by atoms with E-state index in [0.29, 0.717) is 24.9 Å². The Morgan fingerprint density at radius 3 is 2.53 bits per heavy atom. The zero-order valence-electron chi connectivity index (χ0n) is 9.08. The first kappa shape index (κ1) is 10.9. The fourth-order valence-corrected chi connectivity index (χ4v) is 2.13. The Balaban J connectivity index is 1.57. The van der Waals surface area contributed by atoms with Crippen LogP contribution in [0.3, 0.4) is 0 Å². The highest BCUT2D eigenvalue weighted by atomic mass is 16.5. The minimum Gasteiger partial charge on any atom is -0.375 e. The third-order valence-electron chi connectivity index (χ3n) is 3.13. The summed E-state index contributed by atoms with van der Waals surface area (Å²) in [5.41, 5.74) is 0. The molecule has 0 aromatic rings. The van der Waals surface area contributed by atoms with E-state index in [1.165, 1.54) is 0 Å². The summed E-state index contributed by atoms with van der Waals surface area (Å²) in [6, 6.07) is 0. The van der Waals surface area contributed by atoms with E-state index in [1.807, 2.05) is 0 Å². The van der Waals surface area contributed by atoms with Gasteiger partial charge in [-0.1, -0.05) is 5.92 Å². The molecule has 0 bridgehead atoms. The van der Waals surface area contributed by atoms with Crippen LogP contribution in [0.2, 0.25) is 0 Å². The molecule has 0 atom stereocenters. The quantitative estimate of drug-likeness (QED) is 0.699. The van der Waals surface area contributed by atoms with Gasteiger partial charge in [0.2, 0.25) is 0 Å². The highest BCUT2D eigenvalue weighted by Gasteiger charge is 2.32. The van der Waals surface area contributed by atoms with Gasteiger partial charge in [-0.2, -0.15) is 0 Å². The van der Waals surface area contributed by atoms with E-state index in [0.717, 1.165) is 38.8 Å². The summed E-state index contributed by atoms with van der Waals surface area (Å²) in [7, 11) is 0. The zero-order valence-corrected chi connectivity index (χ0v) is 9.08. The van der Waals surface area contributed by atoms with Gasteiger partial charge in [-0.25, -0.2) is 0 Å². The van der Waals surface area contributed by atoms with E-state index >= 15 is 0 Å². The van der Waals surface area contributed by atoms with Gasteiger partial charge in [0.05, 0.1) is 18.3 Å². The Morgan fingerprint density at radius 1 is 1.13 bits per heavy atom. The van der Waals surface area contributed by atoms with Gasteiger partial charge in [0.15, 0.2) is 0 Å². The van der Waals surface area contributed by atoms with Gasteiger partial charge in [0, 0.05) is 12.8 Å². The molecular formula is C12H19NO2. The first-order valence-electron chi connectivity index (χ1n) is 5.79. The third-order valence-corrected chi connectivity index (χ3v) is 3.13. The number of rotatable bonds is 4. The zero-order chi connectivity index (χ0) is 10.5. The summed E-state index contributed by atoms with van der Waals surface area (Å²) >= 11 is 0. The molecule has 2 fully saturated rings. The van der Waals surface area contributed by atoms with Crippen molar-refractivity contribution in [1.29, 1.82) is 0 Å². The summed E-state index contributed by atoms with van der Waals surface area (Å²) in [6.07, 6.45) is 10.7. The van der Waals surface area contributed by atoms with Crippen LogP contribution in [0.4, 0.5) is 0 Å². The number of nitrogens with one attached hydrogen (secondary N) is 1. The van der Waals surface area contributed by atoms with Crippen molar-refractivity contribution < 1.29 is 9.47 Å². The number of ether oxygens (including phenoxy) is 2. The average Bonchev–Trinajstić information content (AvgIpc) is 2.23. The molecule has 0 spiro atoms. The molecule has 0 radical (unpaired) electrons. The molecule has 1 aliphatic heterocycles. The molecular weight excluding hydrogens is 190 g/mol. The molecule has 1 heterocycles. The van der Waals surface area contributed by atoms with Crippen LogP contribution >= 0.6 is 0 Å². The second-order valence-corrected chi connectivity index (χ2v) is 4.32. The fourth-order valence-electron chi connectivity index (χ4n) is 2.13. The summed E-state index contributed by atoms with van der Waals surface area (Å²) in [5, 5.41) is 3.33. The van der Waals surface area contributed by atoms with Crippen molar-refractivity contribution in [1.82, 2.24) is 5.32 Å². The van der Waals surface area contributed by atoms with Crippen molar-refractivity contribution in [2.75, 3.05) is 19.7 Å². The van der Waals surface area contributed by atoms with E-state index in [2.05, 4.69) is 11.2 Å². The summed E-state index contributed by atoms with van der Waals surface area (Å²) in [4.78, 5) is 0. The Morgan fingerprint density at radius 2 is 1.87 bits per heavy atom. The Hall–Kier alpha value is -0.560. The van der Waals surface area contributed by atoms with Crippen LogP contribution in [0.1, 0.15) is 25.7 Å². The molecule has 1 saturated heterocycles. The molecule has 15 heavy (non-hydrogen) atoms. The minimum atomic E-state index is 0.341. The van der Waals surface area contributed by atoms with E-state index in [-0.39, 0.29) is 0 Å². The van der Waals surface area contributed by atoms with Crippen molar-refractivity contribution in [3.05, 3.63) is 0 Å². The van der Waals surface area contributed by atoms with Crippen LogP contribution in [-0.4, -0.2) is 38.0 Å². The normalized spacial score (nSPS) is 31.9. The smallest absolute Gasteiger partial charge is 0.107 e. The Kier molecular flexibility index (Phi) is 4.01. The SMILES string of the molecule is C#CCO[C@H]1C[C@H](OC2CCNCC2)C1. The molecule has 0 unspecified atom stereocenters. The third kappa shape index (κ3) is 3.20. The minimum absolute atomic E-state index is 0.341. The molecule has 3 heteroatoms. The van der Waals surface area contributed by atoms with Gasteiger partial charge in [-0.15, -0.1) is 6.42 Å². The molecule has 3 nitrogen and oxygen atoms in total. The van der Waals surface area contributed by atoms with Crippen molar-refractivity contribution in [3.8, 4) is 12.3 Å². The maximum Gasteiger partial charge on any atom is 0.107 e. The standard InChI is InChI=1S/C12H19NO2/c1-2-7-14-11-8-12(9-11)15-10-3-5-13-6-4-10/h1,10-13H,3-9H2/t11-,12-. The lowest BCUT2D eigenvalue weighted by atomic mass is 9.91. The van der Waals surface area contributed by atoms with Gasteiger partial charge in [0.25, 0.3) is 0 Å². The van der Waals surface area contributed by atoms with Gasteiger partial charge in [-0.3, -0.25) is 0 Å². The van der Waals surface area contributed by atoms with E-state index < -0.39 is 0 Å². The highest BCUT2D eigenvalue weighted by Crippen LogP contribution is 2.28. The predicted octanol–water partition coefficient (Wildman–Crippen LogP) is 0.936. The average molecular weight is 209 g/mol. The Labute approximate surface area is 91.5 Å². The van der Waals surface area contributed by atoms with Crippen molar-refractivity contribution >= 4 is 0 Å². The molecule has 1 N–H and O–H groups in total. The van der Waals surface area contributed by atoms with Crippen molar-refractivity contribution in [2.45, 2.75) is 44.0 Å². The highest BCUT2D eigenvalue weighted by molar-refractivity contribution is 4.87. The largest absolute Gasteiger partial charge is 0.375 e. The predicted molar refractivity (Wildman–Crippen MR) is 58.6 cm³/mol. The number of terminal acetylenes is 1. The van der Waals surface area contributed by atoms with Gasteiger partial charge < -0.3 is 14.8 Å². The summed E-state index contributed by atoms with van der Waals surface area (Å²) in [6.45, 7) is 2.62. The van der Waals surface area contributed by atoms with Crippen LogP contribution in [-0.2, 0) is 9.47 Å². The number of hydrogen-bond acceptors (Lipinski definition) is 3. The lowest BCUT2D eigenvalue weighted by molar-refractivity contribution is -0.125. The van der Waals surface area contributed by atoms with Gasteiger partial charge >= 0.3 is 0 Å². The van der Waals surface area contributed by atoms with Crippen LogP contribution < -0.4 is 5.32 Å². The van der Waals surface area contributed by atoms with E-state index in [1.54, 1.807) is 0 Å². The maximum atomic E-state index is 5.97. The van der Waals surface area contributed by atoms with Crippen LogP contribution in [0.5, 0.6) is 0 Å². The van der Waals surface area contributed by atoms with E-state index in [4.69, 9.17) is 15.9 Å². The number of piperidine rings is 1. The Bertz CT molecular complexity index is 224. The molecule has 2 aliphatic rings. The first-order valence-corrected chi connectivity index (χ1v) is 5.79. The summed E-state index contributed by atoms with van der Waals surface area (Å²) in [5.74, 6) is 2.49. The molecule has 0 aromatic heterocycles. The second kappa shape index (κ2) is 5.50. The fraction of sp³-hybridized carbons (Fsp3) is 0.833. The van der Waals surface area contributed by atoms with Crippen molar-refractivity contribution in [2.24, 2.45) is 0 Å². The molecule has 1 saturated carbocycles. The lowest BCUT2D eigenvalue weighted by Gasteiger charge is -2.38.